The third kappa shape index (κ3) is 2.93. The lowest BCUT2D eigenvalue weighted by Gasteiger charge is -2.39. The number of hydrogen-bond donors (Lipinski definition) is 1. The molecule has 1 fully saturated rings. The lowest BCUT2D eigenvalue weighted by molar-refractivity contribution is 0.306. The average molecular weight is 322 g/mol. The highest BCUT2D eigenvalue weighted by Gasteiger charge is 2.28. The van der Waals surface area contributed by atoms with Crippen LogP contribution in [0.1, 0.15) is 31.2 Å². The van der Waals surface area contributed by atoms with E-state index >= 15 is 0 Å². The van der Waals surface area contributed by atoms with Crippen molar-refractivity contribution in [1.29, 1.82) is 5.26 Å². The van der Waals surface area contributed by atoms with Crippen molar-refractivity contribution in [2.45, 2.75) is 31.7 Å². The Morgan fingerprint density at radius 2 is 2.16 bits per heavy atom. The summed E-state index contributed by atoms with van der Waals surface area (Å²) in [6.45, 7) is 0.727. The number of nitrogens with two attached hydrogens (primary N) is 1. The summed E-state index contributed by atoms with van der Waals surface area (Å²) in [4.78, 5) is 2.25. The van der Waals surface area contributed by atoms with Crippen molar-refractivity contribution < 1.29 is 0 Å². The van der Waals surface area contributed by atoms with Gasteiger partial charge in [0.2, 0.25) is 0 Å². The molecule has 0 radical (unpaired) electrons. The van der Waals surface area contributed by atoms with Crippen LogP contribution in [0.4, 0.5) is 5.69 Å². The Bertz CT molecular complexity index is 481. The van der Waals surface area contributed by atoms with Crippen molar-refractivity contribution in [3.05, 3.63) is 28.2 Å². The molecule has 4 heteroatoms. The fraction of sp³-hybridized carbons (Fsp3) is 0.533. The maximum absolute atomic E-state index is 9.34. The Hall–Kier alpha value is -1.05. The van der Waals surface area contributed by atoms with Crippen LogP contribution in [-0.2, 0) is 0 Å². The van der Waals surface area contributed by atoms with Gasteiger partial charge in [0.25, 0.3) is 0 Å². The molecule has 1 aromatic rings. The average Bonchev–Trinajstić information content (AvgIpc) is 2.46. The first-order chi connectivity index (χ1) is 9.19. The molecule has 0 spiro atoms. The van der Waals surface area contributed by atoms with E-state index in [-0.39, 0.29) is 0 Å². The molecule has 2 unspecified atom stereocenters. The lowest BCUT2D eigenvalue weighted by atomic mass is 9.83. The maximum atomic E-state index is 9.34. The number of rotatable bonds is 3. The number of benzene rings is 1. The number of nitrogens with zero attached hydrogens (tertiary/aromatic N) is 2. The number of hydrogen-bond acceptors (Lipinski definition) is 3. The molecule has 102 valence electrons. The van der Waals surface area contributed by atoms with Gasteiger partial charge in [-0.15, -0.1) is 0 Å². The van der Waals surface area contributed by atoms with Crippen LogP contribution in [0.3, 0.4) is 0 Å². The molecule has 1 aliphatic carbocycles. The molecule has 0 amide bonds. The van der Waals surface area contributed by atoms with Crippen molar-refractivity contribution >= 4 is 21.6 Å². The van der Waals surface area contributed by atoms with E-state index in [2.05, 4.69) is 33.9 Å². The van der Waals surface area contributed by atoms with Gasteiger partial charge in [0.05, 0.1) is 11.3 Å². The zero-order valence-corrected chi connectivity index (χ0v) is 12.9. The minimum absolute atomic E-state index is 0.445. The molecule has 0 bridgehead atoms. The van der Waals surface area contributed by atoms with Crippen LogP contribution in [0.2, 0.25) is 0 Å². The van der Waals surface area contributed by atoms with Gasteiger partial charge in [-0.3, -0.25) is 0 Å². The molecular formula is C15H20BrN3. The molecule has 0 saturated heterocycles. The summed E-state index contributed by atoms with van der Waals surface area (Å²) in [5.41, 5.74) is 7.63. The van der Waals surface area contributed by atoms with Gasteiger partial charge in [-0.1, -0.05) is 18.9 Å². The second-order valence-electron chi connectivity index (χ2n) is 5.20. The zero-order valence-electron chi connectivity index (χ0n) is 11.3. The molecule has 2 atom stereocenters. The van der Waals surface area contributed by atoms with Crippen LogP contribution in [0.25, 0.3) is 0 Å². The number of nitriles is 1. The van der Waals surface area contributed by atoms with Crippen molar-refractivity contribution in [2.75, 3.05) is 18.5 Å². The topological polar surface area (TPSA) is 53.0 Å². The van der Waals surface area contributed by atoms with E-state index in [4.69, 9.17) is 5.73 Å². The van der Waals surface area contributed by atoms with Gasteiger partial charge < -0.3 is 10.6 Å². The molecule has 1 aliphatic rings. The van der Waals surface area contributed by atoms with Gasteiger partial charge in [0.15, 0.2) is 0 Å². The summed E-state index contributed by atoms with van der Waals surface area (Å²) in [6.07, 6.45) is 4.88. The van der Waals surface area contributed by atoms with Crippen LogP contribution in [0.5, 0.6) is 0 Å². The van der Waals surface area contributed by atoms with Gasteiger partial charge in [0.1, 0.15) is 6.07 Å². The molecule has 0 aromatic heterocycles. The largest absolute Gasteiger partial charge is 0.370 e. The Morgan fingerprint density at radius 3 is 2.84 bits per heavy atom. The van der Waals surface area contributed by atoms with Gasteiger partial charge in [-0.25, -0.2) is 0 Å². The SMILES string of the molecule is CN(c1cccc(Br)c1C#N)C1CCCCC1CN. The van der Waals surface area contributed by atoms with E-state index < -0.39 is 0 Å². The van der Waals surface area contributed by atoms with Crippen LogP contribution in [0, 0.1) is 17.2 Å². The fourth-order valence-corrected chi connectivity index (χ4v) is 3.51. The summed E-state index contributed by atoms with van der Waals surface area (Å²) >= 11 is 3.46. The van der Waals surface area contributed by atoms with E-state index in [9.17, 15) is 5.26 Å². The lowest BCUT2D eigenvalue weighted by Crippen LogP contribution is -2.43. The van der Waals surface area contributed by atoms with Gasteiger partial charge in [-0.2, -0.15) is 5.26 Å². The van der Waals surface area contributed by atoms with Crippen molar-refractivity contribution in [3.63, 3.8) is 0 Å². The smallest absolute Gasteiger partial charge is 0.103 e. The third-order valence-electron chi connectivity index (χ3n) is 4.15. The van der Waals surface area contributed by atoms with Crippen molar-refractivity contribution in [1.82, 2.24) is 0 Å². The Balaban J connectivity index is 2.31. The molecule has 0 aliphatic heterocycles. The second-order valence-corrected chi connectivity index (χ2v) is 6.06. The highest BCUT2D eigenvalue weighted by Crippen LogP contribution is 2.33. The highest BCUT2D eigenvalue weighted by atomic mass is 79.9. The van der Waals surface area contributed by atoms with Crippen LogP contribution < -0.4 is 10.6 Å². The minimum Gasteiger partial charge on any atom is -0.370 e. The van der Waals surface area contributed by atoms with E-state index in [0.717, 1.165) is 23.1 Å². The summed E-state index contributed by atoms with van der Waals surface area (Å²) in [5, 5.41) is 9.34. The predicted octanol–water partition coefficient (Wildman–Crippen LogP) is 3.27. The van der Waals surface area contributed by atoms with Crippen molar-refractivity contribution in [3.8, 4) is 6.07 Å². The molecule has 19 heavy (non-hydrogen) atoms. The van der Waals surface area contributed by atoms with Crippen LogP contribution in [0.15, 0.2) is 22.7 Å². The van der Waals surface area contributed by atoms with Crippen LogP contribution >= 0.6 is 15.9 Å². The molecule has 1 aromatic carbocycles. The quantitative estimate of drug-likeness (QED) is 0.929. The normalized spacial score (nSPS) is 22.8. The first kappa shape index (κ1) is 14.4. The monoisotopic (exact) mass is 321 g/mol. The van der Waals surface area contributed by atoms with Gasteiger partial charge in [-0.05, 0) is 53.4 Å². The minimum atomic E-state index is 0.445. The Morgan fingerprint density at radius 1 is 1.42 bits per heavy atom. The predicted molar refractivity (Wildman–Crippen MR) is 82.1 cm³/mol. The summed E-state index contributed by atoms with van der Waals surface area (Å²) < 4.78 is 0.861. The van der Waals surface area contributed by atoms with Crippen LogP contribution in [-0.4, -0.2) is 19.6 Å². The summed E-state index contributed by atoms with van der Waals surface area (Å²) in [7, 11) is 2.08. The summed E-state index contributed by atoms with van der Waals surface area (Å²) in [6, 6.07) is 8.66. The van der Waals surface area contributed by atoms with E-state index in [1.54, 1.807) is 0 Å². The Kier molecular flexibility index (Phi) is 4.84. The first-order valence-electron chi connectivity index (χ1n) is 6.80. The number of anilines is 1. The third-order valence-corrected chi connectivity index (χ3v) is 4.81. The van der Waals surface area contributed by atoms with Gasteiger partial charge in [0, 0.05) is 17.6 Å². The Labute approximate surface area is 123 Å². The van der Waals surface area contributed by atoms with Gasteiger partial charge >= 0.3 is 0 Å². The first-order valence-corrected chi connectivity index (χ1v) is 7.59. The molecule has 2 N–H and O–H groups in total. The standard InChI is InChI=1S/C15H20BrN3/c1-19(14-7-3-2-5-11(14)9-17)15-8-4-6-13(16)12(15)10-18/h4,6,8,11,14H,2-3,5,7,9,17H2,1H3. The molecule has 3 nitrogen and oxygen atoms in total. The zero-order chi connectivity index (χ0) is 13.8. The molecular weight excluding hydrogens is 302 g/mol. The fourth-order valence-electron chi connectivity index (χ4n) is 3.07. The molecule has 0 heterocycles. The maximum Gasteiger partial charge on any atom is 0.103 e. The summed E-state index contributed by atoms with van der Waals surface area (Å²) in [5.74, 6) is 0.532. The van der Waals surface area contributed by atoms with E-state index in [1.165, 1.54) is 19.3 Å². The van der Waals surface area contributed by atoms with E-state index in [0.29, 0.717) is 17.5 Å². The molecule has 2 rings (SSSR count). The number of halogens is 1. The highest BCUT2D eigenvalue weighted by molar-refractivity contribution is 9.10. The van der Waals surface area contributed by atoms with Crippen molar-refractivity contribution in [2.24, 2.45) is 11.7 Å². The second kappa shape index (κ2) is 6.40. The van der Waals surface area contributed by atoms with E-state index in [1.807, 2.05) is 18.2 Å². The molecule has 1 saturated carbocycles.